The quantitative estimate of drug-likeness (QED) is 0.780. The molecule has 0 bridgehead atoms. The van der Waals surface area contributed by atoms with Gasteiger partial charge in [-0.1, -0.05) is 22.0 Å². The van der Waals surface area contributed by atoms with E-state index in [1.807, 2.05) is 0 Å². The molecule has 1 aromatic heterocycles. The van der Waals surface area contributed by atoms with Gasteiger partial charge in [-0.25, -0.2) is 4.68 Å². The predicted molar refractivity (Wildman–Crippen MR) is 61.0 cm³/mol. The number of hydrogen-bond donors (Lipinski definition) is 0. The first-order valence-electron chi connectivity index (χ1n) is 4.78. The molecule has 0 unspecified atom stereocenters. The average molecular weight is 305 g/mol. The van der Waals surface area contributed by atoms with Gasteiger partial charge in [-0.2, -0.15) is 18.3 Å². The molecule has 0 atom stereocenters. The molecule has 0 aliphatic rings. The van der Waals surface area contributed by atoms with E-state index in [1.165, 1.54) is 6.92 Å². The molecule has 0 aliphatic carbocycles. The van der Waals surface area contributed by atoms with Gasteiger partial charge in [0, 0.05) is 4.47 Å². The second-order valence-corrected chi connectivity index (χ2v) is 4.48. The maximum Gasteiger partial charge on any atom is 0.433 e. The molecule has 2 rings (SSSR count). The van der Waals surface area contributed by atoms with E-state index in [0.29, 0.717) is 15.9 Å². The van der Waals surface area contributed by atoms with E-state index < -0.39 is 11.9 Å². The van der Waals surface area contributed by atoms with Crippen molar-refractivity contribution < 1.29 is 13.2 Å². The normalized spacial score (nSPS) is 11.8. The van der Waals surface area contributed by atoms with Crippen LogP contribution >= 0.6 is 15.9 Å². The van der Waals surface area contributed by atoms with Crippen molar-refractivity contribution in [1.29, 1.82) is 0 Å². The third-order valence-corrected chi connectivity index (χ3v) is 2.67. The van der Waals surface area contributed by atoms with Crippen LogP contribution in [0.2, 0.25) is 0 Å². The molecule has 1 heterocycles. The number of hydrogen-bond acceptors (Lipinski definition) is 1. The second-order valence-electron chi connectivity index (χ2n) is 3.56. The van der Waals surface area contributed by atoms with Crippen LogP contribution in [0, 0.1) is 6.92 Å². The third kappa shape index (κ3) is 2.52. The smallest absolute Gasteiger partial charge is 0.228 e. The summed E-state index contributed by atoms with van der Waals surface area (Å²) >= 11 is 3.22. The maximum absolute atomic E-state index is 12.8. The lowest BCUT2D eigenvalue weighted by Gasteiger charge is -2.10. The first-order valence-corrected chi connectivity index (χ1v) is 5.57. The topological polar surface area (TPSA) is 17.8 Å². The van der Waals surface area contributed by atoms with Crippen molar-refractivity contribution in [2.24, 2.45) is 0 Å². The predicted octanol–water partition coefficient (Wildman–Crippen LogP) is 3.96. The van der Waals surface area contributed by atoms with Crippen LogP contribution in [-0.4, -0.2) is 9.78 Å². The Hall–Kier alpha value is -1.30. The largest absolute Gasteiger partial charge is 0.433 e. The van der Waals surface area contributed by atoms with Crippen LogP contribution in [0.3, 0.4) is 0 Å². The van der Waals surface area contributed by atoms with Gasteiger partial charge in [0.2, 0.25) is 0 Å². The van der Waals surface area contributed by atoms with Crippen molar-refractivity contribution in [3.8, 4) is 5.69 Å². The molecule has 0 fully saturated rings. The van der Waals surface area contributed by atoms with E-state index >= 15 is 0 Å². The zero-order chi connectivity index (χ0) is 12.6. The fourth-order valence-corrected chi connectivity index (χ4v) is 1.89. The Kier molecular flexibility index (Phi) is 2.99. The molecule has 0 radical (unpaired) electrons. The molecule has 0 N–H and O–H groups in total. The van der Waals surface area contributed by atoms with Crippen LogP contribution in [0.25, 0.3) is 5.69 Å². The van der Waals surface area contributed by atoms with Gasteiger partial charge in [-0.05, 0) is 31.2 Å². The number of benzene rings is 1. The summed E-state index contributed by atoms with van der Waals surface area (Å²) in [6.07, 6.45) is -4.41. The molecule has 0 saturated carbocycles. The Labute approximate surface area is 104 Å². The summed E-state index contributed by atoms with van der Waals surface area (Å²) in [6, 6.07) is 7.60. The molecule has 0 saturated heterocycles. The second kappa shape index (κ2) is 4.18. The molecule has 0 amide bonds. The summed E-state index contributed by atoms with van der Waals surface area (Å²) in [7, 11) is 0. The van der Waals surface area contributed by atoms with Crippen molar-refractivity contribution in [2.75, 3.05) is 0 Å². The number of halogens is 4. The summed E-state index contributed by atoms with van der Waals surface area (Å²) in [6.45, 7) is 1.53. The summed E-state index contributed by atoms with van der Waals surface area (Å²) < 4.78 is 39.9. The molecule has 2 aromatic rings. The summed E-state index contributed by atoms with van der Waals surface area (Å²) in [5.74, 6) is 0. The lowest BCUT2D eigenvalue weighted by atomic mass is 10.3. The molecule has 0 spiro atoms. The van der Waals surface area contributed by atoms with Crippen LogP contribution in [0.5, 0.6) is 0 Å². The van der Waals surface area contributed by atoms with Gasteiger partial charge in [0.05, 0.1) is 11.4 Å². The Bertz CT molecular complexity index is 546. The van der Waals surface area contributed by atoms with Crippen LogP contribution < -0.4 is 0 Å². The Morgan fingerprint density at radius 3 is 2.53 bits per heavy atom. The van der Waals surface area contributed by atoms with E-state index in [1.54, 1.807) is 24.3 Å². The Balaban J connectivity index is 2.60. The number of aromatic nitrogens is 2. The van der Waals surface area contributed by atoms with Gasteiger partial charge < -0.3 is 0 Å². The summed E-state index contributed by atoms with van der Waals surface area (Å²) in [5, 5.41) is 3.86. The molecule has 17 heavy (non-hydrogen) atoms. The first-order chi connectivity index (χ1) is 7.88. The zero-order valence-electron chi connectivity index (χ0n) is 8.79. The van der Waals surface area contributed by atoms with E-state index in [-0.39, 0.29) is 0 Å². The minimum Gasteiger partial charge on any atom is -0.228 e. The lowest BCUT2D eigenvalue weighted by molar-refractivity contribution is -0.142. The summed E-state index contributed by atoms with van der Waals surface area (Å²) in [5.41, 5.74) is -0.0646. The highest BCUT2D eigenvalue weighted by atomic mass is 79.9. The highest BCUT2D eigenvalue weighted by molar-refractivity contribution is 9.10. The van der Waals surface area contributed by atoms with Crippen LogP contribution in [-0.2, 0) is 6.18 Å². The highest BCUT2D eigenvalue weighted by Gasteiger charge is 2.35. The average Bonchev–Trinajstić information content (AvgIpc) is 2.60. The van der Waals surface area contributed by atoms with Gasteiger partial charge in [0.25, 0.3) is 0 Å². The lowest BCUT2D eigenvalue weighted by Crippen LogP contribution is -2.13. The molecule has 6 heteroatoms. The monoisotopic (exact) mass is 304 g/mol. The fourth-order valence-electron chi connectivity index (χ4n) is 1.51. The molecule has 2 nitrogen and oxygen atoms in total. The van der Waals surface area contributed by atoms with E-state index in [0.717, 1.165) is 10.7 Å². The van der Waals surface area contributed by atoms with E-state index in [9.17, 15) is 13.2 Å². The highest BCUT2D eigenvalue weighted by Crippen LogP contribution is 2.31. The Morgan fingerprint density at radius 2 is 1.94 bits per heavy atom. The SMILES string of the molecule is Cc1cc(C(F)(F)F)n(-c2cccc(Br)c2)n1. The standard InChI is InChI=1S/C11H8BrF3N2/c1-7-5-10(11(13,14)15)17(16-7)9-4-2-3-8(12)6-9/h2-6H,1H3. The number of nitrogens with zero attached hydrogens (tertiary/aromatic N) is 2. The molecule has 1 aromatic carbocycles. The van der Waals surface area contributed by atoms with Gasteiger partial charge >= 0.3 is 6.18 Å². The van der Waals surface area contributed by atoms with Crippen molar-refractivity contribution in [1.82, 2.24) is 9.78 Å². The third-order valence-electron chi connectivity index (χ3n) is 2.17. The number of rotatable bonds is 1. The van der Waals surface area contributed by atoms with Crippen LogP contribution in [0.15, 0.2) is 34.8 Å². The molecular formula is C11H8BrF3N2. The van der Waals surface area contributed by atoms with Crippen LogP contribution in [0.4, 0.5) is 13.2 Å². The number of aryl methyl sites for hydroxylation is 1. The van der Waals surface area contributed by atoms with Crippen LogP contribution in [0.1, 0.15) is 11.4 Å². The zero-order valence-corrected chi connectivity index (χ0v) is 10.4. The van der Waals surface area contributed by atoms with Gasteiger partial charge in [-0.3, -0.25) is 0 Å². The van der Waals surface area contributed by atoms with Crippen molar-refractivity contribution in [2.45, 2.75) is 13.1 Å². The van der Waals surface area contributed by atoms with Crippen molar-refractivity contribution in [3.63, 3.8) is 0 Å². The van der Waals surface area contributed by atoms with E-state index in [2.05, 4.69) is 21.0 Å². The summed E-state index contributed by atoms with van der Waals surface area (Å²) in [4.78, 5) is 0. The molecule has 0 aliphatic heterocycles. The maximum atomic E-state index is 12.8. The first kappa shape index (κ1) is 12.2. The molecular weight excluding hydrogens is 297 g/mol. The Morgan fingerprint density at radius 1 is 1.24 bits per heavy atom. The van der Waals surface area contributed by atoms with E-state index in [4.69, 9.17) is 0 Å². The fraction of sp³-hybridized carbons (Fsp3) is 0.182. The minimum absolute atomic E-state index is 0.331. The minimum atomic E-state index is -4.41. The van der Waals surface area contributed by atoms with Crippen molar-refractivity contribution >= 4 is 15.9 Å². The van der Waals surface area contributed by atoms with Gasteiger partial charge in [-0.15, -0.1) is 0 Å². The van der Waals surface area contributed by atoms with Gasteiger partial charge in [0.15, 0.2) is 0 Å². The number of alkyl halides is 3. The van der Waals surface area contributed by atoms with Crippen molar-refractivity contribution in [3.05, 3.63) is 46.2 Å². The molecule has 90 valence electrons. The van der Waals surface area contributed by atoms with Gasteiger partial charge in [0.1, 0.15) is 5.69 Å².